The fourth-order valence-corrected chi connectivity index (χ4v) is 7.14. The molecule has 1 atom stereocenters. The number of Topliss-reactive ketones (excluding diaryl/α,β-unsaturated/α-hetero) is 1. The Bertz CT molecular complexity index is 2330. The van der Waals surface area contributed by atoms with Crippen LogP contribution in [0, 0.1) is 68.2 Å². The maximum absolute atomic E-state index is 13.2. The Morgan fingerprint density at radius 2 is 1.28 bits per heavy atom. The van der Waals surface area contributed by atoms with Crippen LogP contribution in [0.4, 0.5) is 13.2 Å². The number of carboxylic acids is 1. The van der Waals surface area contributed by atoms with Gasteiger partial charge in [0.15, 0.2) is 23.2 Å². The van der Waals surface area contributed by atoms with Crippen LogP contribution >= 0.6 is 15.9 Å². The van der Waals surface area contributed by atoms with Gasteiger partial charge in [-0.05, 0) is 148 Å². The Morgan fingerprint density at radius 1 is 0.769 bits per heavy atom. The fraction of sp³-hybridized carbons (Fsp3) is 0.408. The van der Waals surface area contributed by atoms with Crippen LogP contribution in [-0.4, -0.2) is 59.0 Å². The van der Waals surface area contributed by atoms with Crippen LogP contribution in [0.5, 0.6) is 17.2 Å². The highest BCUT2D eigenvalue weighted by Crippen LogP contribution is 2.44. The summed E-state index contributed by atoms with van der Waals surface area (Å²) in [7, 11) is 2.87. The van der Waals surface area contributed by atoms with E-state index < -0.39 is 47.1 Å². The lowest BCUT2D eigenvalue weighted by Crippen LogP contribution is -2.32. The number of carbonyl (C=O) groups is 5. The minimum Gasteiger partial charge on any atom is -0.508 e. The molecule has 1 aliphatic rings. The number of phenols is 1. The quantitative estimate of drug-likeness (QED) is 0.0639. The number of aryl methyl sites for hydroxylation is 1. The number of aromatic hydroxyl groups is 1. The molecule has 0 aliphatic heterocycles. The summed E-state index contributed by atoms with van der Waals surface area (Å²) in [6, 6.07) is 1.59. The number of allylic oxidation sites excluding steroid dienone is 3. The van der Waals surface area contributed by atoms with E-state index in [0.717, 1.165) is 12.2 Å². The van der Waals surface area contributed by atoms with E-state index in [-0.39, 0.29) is 61.1 Å². The molecule has 3 N–H and O–H groups in total. The average molecular weight is 980 g/mol. The molecule has 358 valence electrons. The molecule has 0 aromatic heterocycles. The highest BCUT2D eigenvalue weighted by molar-refractivity contribution is 9.10. The van der Waals surface area contributed by atoms with E-state index in [0.29, 0.717) is 38.9 Å². The molecule has 0 spiro atoms. The highest BCUT2D eigenvalue weighted by Gasteiger charge is 2.38. The van der Waals surface area contributed by atoms with Crippen LogP contribution in [0.25, 0.3) is 0 Å². The highest BCUT2D eigenvalue weighted by atomic mass is 79.9. The predicted octanol–water partition coefficient (Wildman–Crippen LogP) is 12.4. The van der Waals surface area contributed by atoms with E-state index >= 15 is 0 Å². The number of phenolic OH excluding ortho intramolecular Hbond substituents is 1. The van der Waals surface area contributed by atoms with Gasteiger partial charge in [-0.25, -0.2) is 9.59 Å². The van der Waals surface area contributed by atoms with Gasteiger partial charge in [-0.2, -0.15) is 13.2 Å². The Labute approximate surface area is 388 Å². The van der Waals surface area contributed by atoms with Crippen molar-refractivity contribution < 1.29 is 71.4 Å². The lowest BCUT2D eigenvalue weighted by Gasteiger charge is -2.21. The molecule has 0 saturated carbocycles. The van der Waals surface area contributed by atoms with E-state index in [2.05, 4.69) is 34.5 Å². The summed E-state index contributed by atoms with van der Waals surface area (Å²) in [5, 5.41) is 29.5. The van der Waals surface area contributed by atoms with Gasteiger partial charge in [0.2, 0.25) is 0 Å². The molecule has 3 aromatic rings. The number of aliphatic hydroxyl groups is 1. The van der Waals surface area contributed by atoms with Crippen LogP contribution in [0.3, 0.4) is 0 Å². The number of rotatable bonds is 8. The zero-order valence-corrected chi connectivity index (χ0v) is 41.8. The number of alkyl halides is 3. The monoisotopic (exact) mass is 978 g/mol. The number of hydrogen-bond acceptors (Lipinski definition) is 11. The topological polar surface area (TPSA) is 183 Å². The summed E-state index contributed by atoms with van der Waals surface area (Å²) in [5.41, 5.74) is 2.50. The number of ether oxygens (including phenoxy) is 4. The molecule has 16 heteroatoms. The number of benzene rings is 3. The average Bonchev–Trinajstić information content (AvgIpc) is 3.20. The summed E-state index contributed by atoms with van der Waals surface area (Å²) in [5.74, 6) is -6.33. The summed E-state index contributed by atoms with van der Waals surface area (Å²) >= 11 is 3.19. The Morgan fingerprint density at radius 3 is 1.71 bits per heavy atom. The molecule has 1 aliphatic carbocycles. The van der Waals surface area contributed by atoms with Crippen molar-refractivity contribution in [3.05, 3.63) is 119 Å². The summed E-state index contributed by atoms with van der Waals surface area (Å²) < 4.78 is 59.2. The van der Waals surface area contributed by atoms with Crippen molar-refractivity contribution in [3.63, 3.8) is 0 Å². The van der Waals surface area contributed by atoms with Gasteiger partial charge in [0, 0.05) is 17.7 Å². The van der Waals surface area contributed by atoms with E-state index in [4.69, 9.17) is 19.3 Å². The third-order valence-corrected chi connectivity index (χ3v) is 10.7. The number of esters is 2. The van der Waals surface area contributed by atoms with Gasteiger partial charge < -0.3 is 34.3 Å². The first kappa shape index (κ1) is 59.1. The van der Waals surface area contributed by atoms with Crippen LogP contribution in [0.2, 0.25) is 0 Å². The number of ketones is 2. The molecular formula is C49H62BrF3O12. The molecule has 0 fully saturated rings. The number of aromatic carboxylic acids is 1. The van der Waals surface area contributed by atoms with Crippen molar-refractivity contribution in [1.29, 1.82) is 0 Å². The molecule has 0 heterocycles. The maximum atomic E-state index is 13.2. The number of aliphatic hydroxyl groups excluding tert-OH is 1. The number of halogens is 4. The minimum atomic E-state index is -4.53. The summed E-state index contributed by atoms with van der Waals surface area (Å²) in [6.07, 6.45) is 2.19. The van der Waals surface area contributed by atoms with Crippen LogP contribution < -0.4 is 9.47 Å². The lowest BCUT2D eigenvalue weighted by atomic mass is 9.88. The predicted molar refractivity (Wildman–Crippen MR) is 247 cm³/mol. The smallest absolute Gasteiger partial charge is 0.416 e. The van der Waals surface area contributed by atoms with E-state index in [1.165, 1.54) is 48.1 Å². The number of hydrogen-bond donors (Lipinski definition) is 3. The van der Waals surface area contributed by atoms with Crippen molar-refractivity contribution in [2.24, 2.45) is 5.92 Å². The van der Waals surface area contributed by atoms with Gasteiger partial charge in [-0.3, -0.25) is 14.4 Å². The first-order valence-electron chi connectivity index (χ1n) is 20.4. The van der Waals surface area contributed by atoms with Gasteiger partial charge >= 0.3 is 24.1 Å². The first-order chi connectivity index (χ1) is 30.1. The third kappa shape index (κ3) is 14.6. The second kappa shape index (κ2) is 26.2. The van der Waals surface area contributed by atoms with Gasteiger partial charge in [0.1, 0.15) is 33.1 Å². The van der Waals surface area contributed by atoms with Gasteiger partial charge in [0.05, 0.1) is 31.6 Å². The van der Waals surface area contributed by atoms with Crippen molar-refractivity contribution in [1.82, 2.24) is 0 Å². The van der Waals surface area contributed by atoms with Crippen molar-refractivity contribution >= 4 is 45.4 Å². The SMILES string of the molecule is C/C=C/OC.CC.CCC.COC1=CC(O)=CC(=O)C1C(=O)Oc1c(C)c(C)c(C(=O)Oc2cc(C)c(C(C)=O)c(C)c2C)c(O)c1Br.Cc1c(C)c(C(=O)O)c(C)c(C(F)(F)F)c1C. The van der Waals surface area contributed by atoms with Gasteiger partial charge in [-0.15, -0.1) is 0 Å². The normalized spacial score (nSPS) is 12.9. The Hall–Kier alpha value is -5.90. The molecule has 12 nitrogen and oxygen atoms in total. The van der Waals surface area contributed by atoms with Crippen molar-refractivity contribution in [3.8, 4) is 17.2 Å². The number of methoxy groups -OCH3 is 2. The standard InChI is InChI=1S/C28H27BrO9.C12H13F3O2.C4H8O.C3H8.C2H6/c1-11-8-19(12(2)13(3)21(11)16(6)30)37-27(34)22-14(4)15(5)26(24(29)25(22)33)38-28(35)23-18(32)9-17(31)10-20(23)36-7;1-5-6(2)9(11(16)17)8(4)10(7(5)3)12(13,14)15;1-3-4-5-2;1-3-2;1-2/h8-10,23,31,33H,1-7H3;1-4H3,(H,16,17);3-4H,1-2H3;3H2,1-2H3;1-2H3/b;;4-3+;;. The molecular weight excluding hydrogens is 917 g/mol. The van der Waals surface area contributed by atoms with Crippen LogP contribution in [0.1, 0.15) is 135 Å². The lowest BCUT2D eigenvalue weighted by molar-refractivity contribution is -0.143. The second-order valence-corrected chi connectivity index (χ2v) is 15.2. The molecule has 0 bridgehead atoms. The van der Waals surface area contributed by atoms with Gasteiger partial charge in [-0.1, -0.05) is 40.2 Å². The maximum Gasteiger partial charge on any atom is 0.416 e. The van der Waals surface area contributed by atoms with Gasteiger partial charge in [0.25, 0.3) is 0 Å². The van der Waals surface area contributed by atoms with Crippen LogP contribution in [0.15, 0.2) is 46.5 Å². The molecule has 3 aromatic carbocycles. The molecule has 4 rings (SSSR count). The van der Waals surface area contributed by atoms with E-state index in [1.54, 1.807) is 54.1 Å². The van der Waals surface area contributed by atoms with E-state index in [9.17, 15) is 47.4 Å². The van der Waals surface area contributed by atoms with E-state index in [1.807, 2.05) is 26.8 Å². The third-order valence-electron chi connectivity index (χ3n) is 9.95. The largest absolute Gasteiger partial charge is 0.508 e. The fourth-order valence-electron chi connectivity index (χ4n) is 6.57. The zero-order chi connectivity index (χ0) is 51.0. The molecule has 0 amide bonds. The Kier molecular flexibility index (Phi) is 23.8. The minimum absolute atomic E-state index is 0.0949. The summed E-state index contributed by atoms with van der Waals surface area (Å²) in [6.45, 7) is 25.6. The molecule has 0 radical (unpaired) electrons. The number of carbonyl (C=O) groups excluding carboxylic acids is 4. The summed E-state index contributed by atoms with van der Waals surface area (Å²) in [4.78, 5) is 61.5. The molecule has 0 saturated heterocycles. The van der Waals surface area contributed by atoms with Crippen molar-refractivity contribution in [2.75, 3.05) is 14.2 Å². The Balaban J connectivity index is 0.00000125. The number of carboxylic acid groups (broad SMARTS) is 1. The second-order valence-electron chi connectivity index (χ2n) is 14.4. The molecule has 65 heavy (non-hydrogen) atoms. The zero-order valence-electron chi connectivity index (χ0n) is 40.2. The van der Waals surface area contributed by atoms with Crippen molar-refractivity contribution in [2.45, 2.75) is 116 Å². The van der Waals surface area contributed by atoms with Crippen LogP contribution in [-0.2, 0) is 25.2 Å². The first-order valence-corrected chi connectivity index (χ1v) is 21.2. The molecule has 1 unspecified atom stereocenters.